The Hall–Kier alpha value is -1.25. The minimum absolute atomic E-state index is 0.00467. The van der Waals surface area contributed by atoms with Crippen molar-refractivity contribution in [1.29, 1.82) is 0 Å². The van der Waals surface area contributed by atoms with Crippen LogP contribution in [0.1, 0.15) is 67.4 Å². The van der Waals surface area contributed by atoms with E-state index in [0.29, 0.717) is 13.2 Å². The Kier molecular flexibility index (Phi) is 8.38. The molecule has 0 radical (unpaired) electrons. The average Bonchev–Trinajstić information content (AvgIpc) is 2.97. The summed E-state index contributed by atoms with van der Waals surface area (Å²) < 4.78 is 24.6. The highest BCUT2D eigenvalue weighted by Gasteiger charge is 2.46. The minimum atomic E-state index is -2.19. The molecule has 1 aliphatic rings. The van der Waals surface area contributed by atoms with Crippen LogP contribution in [0.2, 0.25) is 18.1 Å². The molecule has 1 unspecified atom stereocenters. The van der Waals surface area contributed by atoms with Gasteiger partial charge in [0.1, 0.15) is 11.7 Å². The van der Waals surface area contributed by atoms with Crippen molar-refractivity contribution in [2.75, 3.05) is 6.61 Å². The van der Waals surface area contributed by atoms with E-state index in [4.69, 9.17) is 18.7 Å². The van der Waals surface area contributed by atoms with Gasteiger partial charge in [-0.3, -0.25) is 4.79 Å². The van der Waals surface area contributed by atoms with E-state index in [1.807, 2.05) is 57.9 Å². The van der Waals surface area contributed by atoms with Gasteiger partial charge >= 0.3 is 5.97 Å². The molecule has 2 rings (SSSR count). The molecule has 6 nitrogen and oxygen atoms in total. The standard InChI is InChI=1S/C25H43NO5Si/c1-23(2,3)30-22(27)16-20(21-18-28-25(7,8)29-21)26(17-19-14-12-11-13-15-19)31-32(9,10)24(4,5)6/h11-15,20-21H,16-18H2,1-10H3/t20?,21-/m1/s1. The van der Waals surface area contributed by atoms with E-state index in [2.05, 4.69) is 46.0 Å². The van der Waals surface area contributed by atoms with E-state index in [-0.39, 0.29) is 29.6 Å². The Morgan fingerprint density at radius 3 is 2.22 bits per heavy atom. The van der Waals surface area contributed by atoms with E-state index >= 15 is 0 Å². The van der Waals surface area contributed by atoms with E-state index < -0.39 is 19.7 Å². The fourth-order valence-electron chi connectivity index (χ4n) is 3.29. The summed E-state index contributed by atoms with van der Waals surface area (Å²) in [5.41, 5.74) is 0.553. The summed E-state index contributed by atoms with van der Waals surface area (Å²) in [4.78, 5) is 12.9. The van der Waals surface area contributed by atoms with Gasteiger partial charge in [-0.15, -0.1) is 0 Å². The van der Waals surface area contributed by atoms with Gasteiger partial charge in [-0.05, 0) is 58.3 Å². The van der Waals surface area contributed by atoms with E-state index in [9.17, 15) is 4.79 Å². The predicted octanol–water partition coefficient (Wildman–Crippen LogP) is 5.68. The number of hydroxylamine groups is 2. The van der Waals surface area contributed by atoms with Crippen molar-refractivity contribution in [3.05, 3.63) is 35.9 Å². The maximum Gasteiger partial charge on any atom is 0.308 e. The highest BCUT2D eigenvalue weighted by atomic mass is 28.4. The number of hydrogen-bond donors (Lipinski definition) is 0. The fourth-order valence-corrected chi connectivity index (χ4v) is 4.35. The monoisotopic (exact) mass is 465 g/mol. The van der Waals surface area contributed by atoms with Crippen molar-refractivity contribution in [2.24, 2.45) is 0 Å². The number of rotatable bonds is 8. The van der Waals surface area contributed by atoms with E-state index in [0.717, 1.165) is 5.56 Å². The highest BCUT2D eigenvalue weighted by Crippen LogP contribution is 2.39. The van der Waals surface area contributed by atoms with Crippen molar-refractivity contribution < 1.29 is 23.5 Å². The lowest BCUT2D eigenvalue weighted by Gasteiger charge is -2.43. The van der Waals surface area contributed by atoms with Gasteiger partial charge in [0.15, 0.2) is 5.79 Å². The predicted molar refractivity (Wildman–Crippen MR) is 129 cm³/mol. The molecular formula is C25H43NO5Si. The van der Waals surface area contributed by atoms with Crippen molar-refractivity contribution in [3.63, 3.8) is 0 Å². The van der Waals surface area contributed by atoms with Gasteiger partial charge in [0.05, 0.1) is 19.1 Å². The number of carbonyl (C=O) groups is 1. The van der Waals surface area contributed by atoms with Gasteiger partial charge in [0.25, 0.3) is 0 Å². The zero-order valence-electron chi connectivity index (χ0n) is 21.7. The maximum atomic E-state index is 12.9. The molecule has 1 fully saturated rings. The van der Waals surface area contributed by atoms with Crippen LogP contribution in [-0.4, -0.2) is 49.5 Å². The Morgan fingerprint density at radius 2 is 1.75 bits per heavy atom. The second-order valence-electron chi connectivity index (χ2n) is 11.6. The minimum Gasteiger partial charge on any atom is -0.460 e. The molecule has 0 N–H and O–H groups in total. The first-order valence-electron chi connectivity index (χ1n) is 11.5. The van der Waals surface area contributed by atoms with Crippen LogP contribution in [0.3, 0.4) is 0 Å². The van der Waals surface area contributed by atoms with Crippen LogP contribution >= 0.6 is 0 Å². The van der Waals surface area contributed by atoms with Crippen molar-refractivity contribution >= 4 is 14.3 Å². The molecule has 2 atom stereocenters. The molecule has 1 aromatic carbocycles. The normalized spacial score (nSPS) is 20.4. The summed E-state index contributed by atoms with van der Waals surface area (Å²) in [5.74, 6) is -0.973. The summed E-state index contributed by atoms with van der Waals surface area (Å²) in [6.07, 6.45) is -0.158. The highest BCUT2D eigenvalue weighted by molar-refractivity contribution is 6.74. The summed E-state index contributed by atoms with van der Waals surface area (Å²) in [6.45, 7) is 21.4. The Morgan fingerprint density at radius 1 is 1.16 bits per heavy atom. The van der Waals surface area contributed by atoms with Gasteiger partial charge in [-0.2, -0.15) is 5.06 Å². The van der Waals surface area contributed by atoms with Crippen molar-refractivity contribution in [3.8, 4) is 0 Å². The lowest BCUT2D eigenvalue weighted by molar-refractivity contribution is -0.190. The molecular weight excluding hydrogens is 422 g/mol. The maximum absolute atomic E-state index is 12.9. The largest absolute Gasteiger partial charge is 0.460 e. The van der Waals surface area contributed by atoms with E-state index in [1.165, 1.54) is 0 Å². The molecule has 0 spiro atoms. The molecule has 182 valence electrons. The van der Waals surface area contributed by atoms with Gasteiger partial charge in [0, 0.05) is 6.54 Å². The second-order valence-corrected chi connectivity index (χ2v) is 16.3. The molecule has 32 heavy (non-hydrogen) atoms. The third-order valence-corrected chi connectivity index (χ3v) is 10.3. The quantitative estimate of drug-likeness (QED) is 0.280. The molecule has 0 aromatic heterocycles. The molecule has 1 saturated heterocycles. The number of nitrogens with zero attached hydrogens (tertiary/aromatic N) is 1. The molecule has 0 bridgehead atoms. The number of carbonyl (C=O) groups excluding carboxylic acids is 1. The van der Waals surface area contributed by atoms with Gasteiger partial charge in [-0.1, -0.05) is 51.1 Å². The van der Waals surface area contributed by atoms with E-state index in [1.54, 1.807) is 0 Å². The van der Waals surface area contributed by atoms with Crippen LogP contribution in [0.5, 0.6) is 0 Å². The number of ether oxygens (including phenoxy) is 3. The molecule has 7 heteroatoms. The SMILES string of the molecule is CC(C)(C)OC(=O)CC([C@H]1COC(C)(C)O1)N(Cc1ccccc1)O[Si](C)(C)C(C)(C)C. The van der Waals surface area contributed by atoms with Gasteiger partial charge in [0.2, 0.25) is 8.32 Å². The Bertz CT molecular complexity index is 752. The molecule has 0 aliphatic carbocycles. The third kappa shape index (κ3) is 7.95. The van der Waals surface area contributed by atoms with Gasteiger partial charge in [-0.25, -0.2) is 0 Å². The number of esters is 1. The van der Waals surface area contributed by atoms with Crippen LogP contribution in [-0.2, 0) is 30.1 Å². The van der Waals surface area contributed by atoms with Crippen LogP contribution < -0.4 is 0 Å². The van der Waals surface area contributed by atoms with Crippen LogP contribution in [0, 0.1) is 0 Å². The zero-order valence-corrected chi connectivity index (χ0v) is 22.7. The van der Waals surface area contributed by atoms with Crippen LogP contribution in [0.25, 0.3) is 0 Å². The molecule has 0 saturated carbocycles. The number of benzene rings is 1. The molecule has 1 aliphatic heterocycles. The Labute approximate surface area is 195 Å². The molecule has 1 aromatic rings. The summed E-state index contributed by atoms with van der Waals surface area (Å²) in [7, 11) is -2.19. The third-order valence-electron chi connectivity index (χ3n) is 5.96. The summed E-state index contributed by atoms with van der Waals surface area (Å²) in [5, 5.41) is 1.97. The first-order valence-corrected chi connectivity index (χ1v) is 14.4. The van der Waals surface area contributed by atoms with Crippen LogP contribution in [0.15, 0.2) is 30.3 Å². The Balaban J connectivity index is 2.40. The smallest absolute Gasteiger partial charge is 0.308 e. The second kappa shape index (κ2) is 9.93. The summed E-state index contributed by atoms with van der Waals surface area (Å²) in [6, 6.07) is 9.82. The van der Waals surface area contributed by atoms with Crippen molar-refractivity contribution in [2.45, 2.75) is 110 Å². The zero-order chi connectivity index (χ0) is 24.4. The van der Waals surface area contributed by atoms with Gasteiger partial charge < -0.3 is 18.7 Å². The lowest BCUT2D eigenvalue weighted by atomic mass is 10.1. The first kappa shape index (κ1) is 27.0. The topological polar surface area (TPSA) is 57.2 Å². The van der Waals surface area contributed by atoms with Crippen molar-refractivity contribution in [1.82, 2.24) is 5.06 Å². The first-order chi connectivity index (χ1) is 14.5. The molecule has 1 heterocycles. The molecule has 0 amide bonds. The average molecular weight is 466 g/mol. The van der Waals surface area contributed by atoms with Crippen LogP contribution in [0.4, 0.5) is 0 Å². The number of hydrogen-bond acceptors (Lipinski definition) is 6. The summed E-state index contributed by atoms with van der Waals surface area (Å²) >= 11 is 0. The lowest BCUT2D eigenvalue weighted by Crippen LogP contribution is -2.54. The fraction of sp³-hybridized carbons (Fsp3) is 0.720.